The lowest BCUT2D eigenvalue weighted by atomic mass is 10.3. The third-order valence-corrected chi connectivity index (χ3v) is 2.75. The number of benzene rings is 1. The van der Waals surface area contributed by atoms with Crippen molar-refractivity contribution >= 4 is 0 Å². The summed E-state index contributed by atoms with van der Waals surface area (Å²) in [5.41, 5.74) is 1.78. The van der Waals surface area contributed by atoms with E-state index in [1.807, 2.05) is 42.6 Å². The Labute approximate surface area is 115 Å². The smallest absolute Gasteiger partial charge is 0.213 e. The molecule has 0 aliphatic heterocycles. The maximum Gasteiger partial charge on any atom is 0.213 e. The second-order valence-electron chi connectivity index (χ2n) is 4.19. The predicted molar refractivity (Wildman–Crippen MR) is 72.1 cm³/mol. The van der Waals surface area contributed by atoms with Gasteiger partial charge >= 0.3 is 0 Å². The molecule has 3 aromatic rings. The van der Waals surface area contributed by atoms with Crippen molar-refractivity contribution in [1.82, 2.24) is 14.8 Å². The lowest BCUT2D eigenvalue weighted by Crippen LogP contribution is -2.00. The van der Waals surface area contributed by atoms with E-state index in [2.05, 4.69) is 10.1 Å². The minimum Gasteiger partial charge on any atom is -0.486 e. The van der Waals surface area contributed by atoms with Gasteiger partial charge in [0.1, 0.15) is 18.1 Å². The van der Waals surface area contributed by atoms with Gasteiger partial charge in [0, 0.05) is 6.20 Å². The lowest BCUT2D eigenvalue weighted by molar-refractivity contribution is 0.298. The van der Waals surface area contributed by atoms with E-state index in [0.29, 0.717) is 12.4 Å². The van der Waals surface area contributed by atoms with Gasteiger partial charge in [-0.25, -0.2) is 9.67 Å². The monoisotopic (exact) mass is 269 g/mol. The van der Waals surface area contributed by atoms with Crippen LogP contribution in [0.4, 0.5) is 4.39 Å². The van der Waals surface area contributed by atoms with Crippen LogP contribution in [0.3, 0.4) is 0 Å². The summed E-state index contributed by atoms with van der Waals surface area (Å²) in [4.78, 5) is 3.53. The van der Waals surface area contributed by atoms with E-state index in [9.17, 15) is 4.39 Å². The first kappa shape index (κ1) is 12.3. The Morgan fingerprint density at radius 1 is 1.05 bits per heavy atom. The topological polar surface area (TPSA) is 39.9 Å². The van der Waals surface area contributed by atoms with Gasteiger partial charge in [-0.2, -0.15) is 9.49 Å². The van der Waals surface area contributed by atoms with E-state index in [4.69, 9.17) is 4.74 Å². The van der Waals surface area contributed by atoms with Gasteiger partial charge in [-0.1, -0.05) is 18.2 Å². The average molecular weight is 269 g/mol. The van der Waals surface area contributed by atoms with E-state index in [0.717, 1.165) is 11.4 Å². The van der Waals surface area contributed by atoms with Crippen LogP contribution >= 0.6 is 0 Å². The third-order valence-electron chi connectivity index (χ3n) is 2.75. The minimum absolute atomic E-state index is 0.313. The zero-order valence-electron chi connectivity index (χ0n) is 10.6. The first-order valence-corrected chi connectivity index (χ1v) is 6.15. The largest absolute Gasteiger partial charge is 0.486 e. The summed E-state index contributed by atoms with van der Waals surface area (Å²) in [5.74, 6) is -0.00799. The fraction of sp³-hybridized carbons (Fsp3) is 0.0667. The van der Waals surface area contributed by atoms with Crippen LogP contribution in [0.5, 0.6) is 5.75 Å². The standard InChI is InChI=1S/C15H12FN3O/c16-15-7-6-14(10-17-15)20-11-12-8-9-19(18-12)13-4-2-1-3-5-13/h1-10H,11H2. The second-order valence-corrected chi connectivity index (χ2v) is 4.19. The van der Waals surface area contributed by atoms with E-state index < -0.39 is 5.95 Å². The van der Waals surface area contributed by atoms with Crippen LogP contribution in [0.1, 0.15) is 5.69 Å². The molecule has 0 fully saturated rings. The number of ether oxygens (including phenoxy) is 1. The van der Waals surface area contributed by atoms with Gasteiger partial charge < -0.3 is 4.74 Å². The van der Waals surface area contributed by atoms with Crippen LogP contribution in [-0.2, 0) is 6.61 Å². The maximum atomic E-state index is 12.7. The molecule has 0 aliphatic rings. The van der Waals surface area contributed by atoms with Crippen LogP contribution in [0.25, 0.3) is 5.69 Å². The number of hydrogen-bond acceptors (Lipinski definition) is 3. The summed E-state index contributed by atoms with van der Waals surface area (Å²) in [6.45, 7) is 0.313. The molecule has 0 saturated heterocycles. The molecule has 20 heavy (non-hydrogen) atoms. The summed E-state index contributed by atoms with van der Waals surface area (Å²) < 4.78 is 19.9. The van der Waals surface area contributed by atoms with Gasteiger partial charge in [-0.3, -0.25) is 0 Å². The van der Waals surface area contributed by atoms with Crippen LogP contribution in [0, 0.1) is 5.95 Å². The third kappa shape index (κ3) is 2.83. The quantitative estimate of drug-likeness (QED) is 0.684. The zero-order chi connectivity index (χ0) is 13.8. The van der Waals surface area contributed by atoms with Crippen molar-refractivity contribution in [3.63, 3.8) is 0 Å². The highest BCUT2D eigenvalue weighted by Crippen LogP contribution is 2.12. The van der Waals surface area contributed by atoms with Gasteiger partial charge in [-0.15, -0.1) is 0 Å². The molecule has 0 aliphatic carbocycles. The molecule has 0 bridgehead atoms. The molecule has 2 aromatic heterocycles. The molecule has 0 unspecified atom stereocenters. The molecule has 3 rings (SSSR count). The van der Waals surface area contributed by atoms with Crippen molar-refractivity contribution in [1.29, 1.82) is 0 Å². The van der Waals surface area contributed by atoms with Gasteiger partial charge in [-0.05, 0) is 30.3 Å². The number of halogens is 1. The molecule has 2 heterocycles. The Bertz CT molecular complexity index is 680. The van der Waals surface area contributed by atoms with Gasteiger partial charge in [0.2, 0.25) is 5.95 Å². The molecule has 0 atom stereocenters. The molecule has 0 amide bonds. The molecule has 0 saturated carbocycles. The van der Waals surface area contributed by atoms with E-state index in [1.54, 1.807) is 4.68 Å². The van der Waals surface area contributed by atoms with Crippen molar-refractivity contribution in [3.8, 4) is 11.4 Å². The Kier molecular flexibility index (Phi) is 3.41. The van der Waals surface area contributed by atoms with E-state index in [1.165, 1.54) is 18.3 Å². The van der Waals surface area contributed by atoms with Crippen LogP contribution < -0.4 is 4.74 Å². The molecule has 0 radical (unpaired) electrons. The molecular weight excluding hydrogens is 257 g/mol. The zero-order valence-corrected chi connectivity index (χ0v) is 10.6. The Morgan fingerprint density at radius 3 is 2.65 bits per heavy atom. The Morgan fingerprint density at radius 2 is 1.90 bits per heavy atom. The molecule has 1 aromatic carbocycles. The number of rotatable bonds is 4. The van der Waals surface area contributed by atoms with Gasteiger partial charge in [0.05, 0.1) is 11.9 Å². The SMILES string of the molecule is Fc1ccc(OCc2ccn(-c3ccccc3)n2)cn1. The van der Waals surface area contributed by atoms with Crippen LogP contribution in [0.15, 0.2) is 60.9 Å². The Hall–Kier alpha value is -2.69. The summed E-state index contributed by atoms with van der Waals surface area (Å²) in [7, 11) is 0. The lowest BCUT2D eigenvalue weighted by Gasteiger charge is -2.03. The first-order chi connectivity index (χ1) is 9.81. The van der Waals surface area contributed by atoms with Gasteiger partial charge in [0.25, 0.3) is 0 Å². The van der Waals surface area contributed by atoms with Crippen LogP contribution in [0.2, 0.25) is 0 Å². The summed E-state index contributed by atoms with van der Waals surface area (Å²) in [5, 5.41) is 4.41. The maximum absolute atomic E-state index is 12.7. The highest BCUT2D eigenvalue weighted by Gasteiger charge is 2.02. The fourth-order valence-electron chi connectivity index (χ4n) is 1.77. The van der Waals surface area contributed by atoms with Crippen molar-refractivity contribution in [2.24, 2.45) is 0 Å². The number of hydrogen-bond donors (Lipinski definition) is 0. The summed E-state index contributed by atoms with van der Waals surface area (Å²) in [6.07, 6.45) is 3.22. The molecular formula is C15H12FN3O. The van der Waals surface area contributed by atoms with E-state index >= 15 is 0 Å². The van der Waals surface area contributed by atoms with Crippen LogP contribution in [-0.4, -0.2) is 14.8 Å². The predicted octanol–water partition coefficient (Wildman–Crippen LogP) is 2.99. The summed E-state index contributed by atoms with van der Waals surface area (Å²) >= 11 is 0. The fourth-order valence-corrected chi connectivity index (χ4v) is 1.77. The molecule has 100 valence electrons. The number of pyridine rings is 1. The molecule has 0 N–H and O–H groups in total. The highest BCUT2D eigenvalue weighted by atomic mass is 19.1. The minimum atomic E-state index is -0.522. The molecule has 4 nitrogen and oxygen atoms in total. The van der Waals surface area contributed by atoms with E-state index in [-0.39, 0.29) is 0 Å². The number of aromatic nitrogens is 3. The van der Waals surface area contributed by atoms with Crippen molar-refractivity contribution in [3.05, 3.63) is 72.6 Å². The van der Waals surface area contributed by atoms with Crippen molar-refractivity contribution < 1.29 is 9.13 Å². The second kappa shape index (κ2) is 5.52. The normalized spacial score (nSPS) is 10.4. The summed E-state index contributed by atoms with van der Waals surface area (Å²) in [6, 6.07) is 14.5. The highest BCUT2D eigenvalue weighted by molar-refractivity contribution is 5.30. The average Bonchev–Trinajstić information content (AvgIpc) is 2.97. The number of para-hydroxylation sites is 1. The Balaban J connectivity index is 1.67. The molecule has 5 heteroatoms. The van der Waals surface area contributed by atoms with Crippen molar-refractivity contribution in [2.75, 3.05) is 0 Å². The number of nitrogens with zero attached hydrogens (tertiary/aromatic N) is 3. The molecule has 0 spiro atoms. The van der Waals surface area contributed by atoms with Crippen molar-refractivity contribution in [2.45, 2.75) is 6.61 Å². The first-order valence-electron chi connectivity index (χ1n) is 6.15. The van der Waals surface area contributed by atoms with Gasteiger partial charge in [0.15, 0.2) is 0 Å².